The van der Waals surface area contributed by atoms with Crippen molar-refractivity contribution in [2.45, 2.75) is 5.92 Å². The summed E-state index contributed by atoms with van der Waals surface area (Å²) < 4.78 is 4.65. The number of hydrogen-bond acceptors (Lipinski definition) is 2. The van der Waals surface area contributed by atoms with E-state index in [1.54, 1.807) is 6.08 Å². The molecule has 0 radical (unpaired) electrons. The van der Waals surface area contributed by atoms with E-state index >= 15 is 0 Å². The van der Waals surface area contributed by atoms with E-state index < -0.39 is 0 Å². The summed E-state index contributed by atoms with van der Waals surface area (Å²) in [4.78, 5) is 11.3. The van der Waals surface area contributed by atoms with Gasteiger partial charge in [0.05, 0.1) is 13.0 Å². The molecule has 0 saturated carbocycles. The van der Waals surface area contributed by atoms with E-state index in [9.17, 15) is 4.79 Å². The van der Waals surface area contributed by atoms with Crippen LogP contribution in [0.5, 0.6) is 0 Å². The molecule has 68 valence electrons. The van der Waals surface area contributed by atoms with Crippen LogP contribution in [0.2, 0.25) is 0 Å². The van der Waals surface area contributed by atoms with Crippen LogP contribution < -0.4 is 0 Å². The summed E-state index contributed by atoms with van der Waals surface area (Å²) in [6, 6.07) is 9.43. The molecule has 0 bridgehead atoms. The van der Waals surface area contributed by atoms with Gasteiger partial charge in [-0.1, -0.05) is 36.4 Å². The zero-order valence-electron chi connectivity index (χ0n) is 7.57. The minimum atomic E-state index is -0.355. The Morgan fingerprint density at radius 3 is 2.54 bits per heavy atom. The second-order valence-electron chi connectivity index (χ2n) is 2.65. The first-order valence-corrected chi connectivity index (χ1v) is 4.05. The Morgan fingerprint density at radius 1 is 1.46 bits per heavy atom. The normalized spacial score (nSPS) is 11.8. The monoisotopic (exact) mass is 176 g/mol. The van der Waals surface area contributed by atoms with Crippen LogP contribution >= 0.6 is 0 Å². The van der Waals surface area contributed by atoms with Crippen molar-refractivity contribution in [1.29, 1.82) is 0 Å². The molecular formula is C11H12O2. The van der Waals surface area contributed by atoms with Gasteiger partial charge in [-0.3, -0.25) is 4.79 Å². The fraction of sp³-hybridized carbons (Fsp3) is 0.182. The van der Waals surface area contributed by atoms with E-state index in [0.29, 0.717) is 0 Å². The van der Waals surface area contributed by atoms with E-state index in [2.05, 4.69) is 11.3 Å². The summed E-state index contributed by atoms with van der Waals surface area (Å²) in [5.41, 5.74) is 0.907. The molecule has 0 fully saturated rings. The topological polar surface area (TPSA) is 26.3 Å². The summed E-state index contributed by atoms with van der Waals surface area (Å²) in [6.07, 6.45) is 1.58. The van der Waals surface area contributed by atoms with Crippen molar-refractivity contribution in [3.63, 3.8) is 0 Å². The van der Waals surface area contributed by atoms with Crippen molar-refractivity contribution in [2.24, 2.45) is 0 Å². The fourth-order valence-electron chi connectivity index (χ4n) is 1.16. The molecule has 1 aromatic carbocycles. The molecule has 2 nitrogen and oxygen atoms in total. The van der Waals surface area contributed by atoms with Gasteiger partial charge in [0.15, 0.2) is 0 Å². The molecule has 0 aromatic heterocycles. The number of hydrogen-bond donors (Lipinski definition) is 0. The quantitative estimate of drug-likeness (QED) is 0.521. The lowest BCUT2D eigenvalue weighted by atomic mass is 10.00. The summed E-state index contributed by atoms with van der Waals surface area (Å²) in [6.45, 7) is 3.61. The number of carbonyl (C=O) groups excluding carboxylic acids is 1. The zero-order valence-corrected chi connectivity index (χ0v) is 7.57. The number of benzene rings is 1. The molecule has 1 aromatic rings. The molecule has 1 rings (SSSR count). The predicted octanol–water partition coefficient (Wildman–Crippen LogP) is 2.13. The van der Waals surface area contributed by atoms with E-state index in [1.807, 2.05) is 30.3 Å². The van der Waals surface area contributed by atoms with Gasteiger partial charge in [-0.25, -0.2) is 0 Å². The van der Waals surface area contributed by atoms with Gasteiger partial charge in [0.25, 0.3) is 0 Å². The Balaban J connectivity index is 2.91. The third-order valence-electron chi connectivity index (χ3n) is 1.85. The predicted molar refractivity (Wildman–Crippen MR) is 51.4 cm³/mol. The van der Waals surface area contributed by atoms with Gasteiger partial charge >= 0.3 is 5.97 Å². The molecule has 0 aliphatic carbocycles. The molecule has 0 aliphatic heterocycles. The SMILES string of the molecule is C=CC(C(=O)OC)c1ccccc1. The van der Waals surface area contributed by atoms with E-state index in [4.69, 9.17) is 0 Å². The van der Waals surface area contributed by atoms with Crippen LogP contribution in [0.15, 0.2) is 43.0 Å². The van der Waals surface area contributed by atoms with Crippen LogP contribution in [0.1, 0.15) is 11.5 Å². The Hall–Kier alpha value is -1.57. The van der Waals surface area contributed by atoms with E-state index in [0.717, 1.165) is 5.56 Å². The van der Waals surface area contributed by atoms with Crippen LogP contribution in [0.25, 0.3) is 0 Å². The van der Waals surface area contributed by atoms with E-state index in [1.165, 1.54) is 7.11 Å². The molecule has 13 heavy (non-hydrogen) atoms. The van der Waals surface area contributed by atoms with Gasteiger partial charge in [-0.15, -0.1) is 6.58 Å². The first-order chi connectivity index (χ1) is 6.29. The Labute approximate surface area is 77.8 Å². The highest BCUT2D eigenvalue weighted by molar-refractivity contribution is 5.80. The number of methoxy groups -OCH3 is 1. The molecule has 0 heterocycles. The van der Waals surface area contributed by atoms with Crippen molar-refractivity contribution in [2.75, 3.05) is 7.11 Å². The van der Waals surface area contributed by atoms with Gasteiger partial charge < -0.3 is 4.74 Å². The minimum absolute atomic E-state index is 0.277. The maximum absolute atomic E-state index is 11.3. The van der Waals surface area contributed by atoms with Crippen molar-refractivity contribution in [1.82, 2.24) is 0 Å². The molecule has 0 saturated heterocycles. The van der Waals surface area contributed by atoms with Gasteiger partial charge in [0.2, 0.25) is 0 Å². The Morgan fingerprint density at radius 2 is 2.08 bits per heavy atom. The molecular weight excluding hydrogens is 164 g/mol. The van der Waals surface area contributed by atoms with Crippen LogP contribution in [-0.2, 0) is 9.53 Å². The molecule has 2 heteroatoms. The van der Waals surface area contributed by atoms with E-state index in [-0.39, 0.29) is 11.9 Å². The lowest BCUT2D eigenvalue weighted by Crippen LogP contribution is -2.11. The highest BCUT2D eigenvalue weighted by Gasteiger charge is 2.16. The molecule has 1 atom stereocenters. The summed E-state index contributed by atoms with van der Waals surface area (Å²) >= 11 is 0. The van der Waals surface area contributed by atoms with Crippen molar-refractivity contribution in [3.8, 4) is 0 Å². The number of carbonyl (C=O) groups is 1. The van der Waals surface area contributed by atoms with Gasteiger partial charge in [-0.2, -0.15) is 0 Å². The second-order valence-corrected chi connectivity index (χ2v) is 2.65. The lowest BCUT2D eigenvalue weighted by Gasteiger charge is -2.09. The van der Waals surface area contributed by atoms with Crippen molar-refractivity contribution < 1.29 is 9.53 Å². The second kappa shape index (κ2) is 4.45. The fourth-order valence-corrected chi connectivity index (χ4v) is 1.16. The Bertz CT molecular complexity index is 290. The molecule has 0 aliphatic rings. The first kappa shape index (κ1) is 9.52. The molecule has 0 spiro atoms. The average molecular weight is 176 g/mol. The highest BCUT2D eigenvalue weighted by atomic mass is 16.5. The summed E-state index contributed by atoms with van der Waals surface area (Å²) in [7, 11) is 1.38. The van der Waals surface area contributed by atoms with Crippen LogP contribution in [0.4, 0.5) is 0 Å². The van der Waals surface area contributed by atoms with Crippen LogP contribution in [0, 0.1) is 0 Å². The van der Waals surface area contributed by atoms with Gasteiger partial charge in [-0.05, 0) is 5.56 Å². The van der Waals surface area contributed by atoms with Gasteiger partial charge in [0.1, 0.15) is 0 Å². The summed E-state index contributed by atoms with van der Waals surface area (Å²) in [5, 5.41) is 0. The third-order valence-corrected chi connectivity index (χ3v) is 1.85. The Kier molecular flexibility index (Phi) is 3.26. The smallest absolute Gasteiger partial charge is 0.317 e. The number of esters is 1. The lowest BCUT2D eigenvalue weighted by molar-refractivity contribution is -0.141. The third kappa shape index (κ3) is 2.18. The summed E-state index contributed by atoms with van der Waals surface area (Å²) in [5.74, 6) is -0.632. The molecule has 0 N–H and O–H groups in total. The maximum atomic E-state index is 11.3. The minimum Gasteiger partial charge on any atom is -0.468 e. The molecule has 0 amide bonds. The number of ether oxygens (including phenoxy) is 1. The zero-order chi connectivity index (χ0) is 9.68. The number of rotatable bonds is 3. The van der Waals surface area contributed by atoms with Crippen LogP contribution in [0.3, 0.4) is 0 Å². The maximum Gasteiger partial charge on any atom is 0.317 e. The van der Waals surface area contributed by atoms with Crippen molar-refractivity contribution >= 4 is 5.97 Å². The van der Waals surface area contributed by atoms with Gasteiger partial charge in [0, 0.05) is 0 Å². The average Bonchev–Trinajstić information content (AvgIpc) is 2.20. The standard InChI is InChI=1S/C11H12O2/c1-3-10(11(12)13-2)9-7-5-4-6-8-9/h3-8,10H,1H2,2H3. The molecule has 1 unspecified atom stereocenters. The van der Waals surface area contributed by atoms with Crippen molar-refractivity contribution in [3.05, 3.63) is 48.6 Å². The highest BCUT2D eigenvalue weighted by Crippen LogP contribution is 2.17. The van der Waals surface area contributed by atoms with Crippen LogP contribution in [-0.4, -0.2) is 13.1 Å². The largest absolute Gasteiger partial charge is 0.468 e. The first-order valence-electron chi connectivity index (χ1n) is 4.05.